The number of ether oxygens (including phenoxy) is 1. The van der Waals surface area contributed by atoms with Crippen molar-refractivity contribution >= 4 is 12.4 Å². The van der Waals surface area contributed by atoms with Crippen molar-refractivity contribution in [3.8, 4) is 5.75 Å². The summed E-state index contributed by atoms with van der Waals surface area (Å²) < 4.78 is 41.6. The van der Waals surface area contributed by atoms with Gasteiger partial charge in [0.25, 0.3) is 0 Å². The minimum Gasteiger partial charge on any atom is -0.496 e. The molecule has 1 aromatic rings. The van der Waals surface area contributed by atoms with Gasteiger partial charge in [0.15, 0.2) is 0 Å². The summed E-state index contributed by atoms with van der Waals surface area (Å²) in [5.74, 6) is 0.150. The van der Waals surface area contributed by atoms with Crippen LogP contribution in [0.25, 0.3) is 0 Å². The molecule has 0 aromatic heterocycles. The Labute approximate surface area is 91.6 Å². The maximum atomic E-state index is 12.3. The van der Waals surface area contributed by atoms with Crippen LogP contribution in [0.15, 0.2) is 24.3 Å². The summed E-state index contributed by atoms with van der Waals surface area (Å²) in [7, 11) is 1.31. The summed E-state index contributed by atoms with van der Waals surface area (Å²) in [4.78, 5) is 0. The average Bonchev–Trinajstić information content (AvgIpc) is 2.15. The number of methoxy groups -OCH3 is 1. The molecule has 6 heteroatoms. The lowest BCUT2D eigenvalue weighted by Gasteiger charge is -2.18. The minimum absolute atomic E-state index is 0. The predicted octanol–water partition coefficient (Wildman–Crippen LogP) is 2.68. The van der Waals surface area contributed by atoms with Gasteiger partial charge < -0.3 is 10.5 Å². The quantitative estimate of drug-likeness (QED) is 0.864. The Morgan fingerprint density at radius 3 is 2.27 bits per heavy atom. The van der Waals surface area contributed by atoms with Gasteiger partial charge in [0.05, 0.1) is 7.11 Å². The standard InChI is InChI=1S/C9H10F3NO.ClH/c1-14-7-5-3-2-4-6(7)8(13)9(10,11)12;/h2-5,8H,13H2,1H3;1H/t8-;/m0./s1. The van der Waals surface area contributed by atoms with Gasteiger partial charge in [0.1, 0.15) is 11.8 Å². The molecule has 0 aliphatic carbocycles. The van der Waals surface area contributed by atoms with E-state index < -0.39 is 12.2 Å². The monoisotopic (exact) mass is 241 g/mol. The lowest BCUT2D eigenvalue weighted by Crippen LogP contribution is -2.28. The molecule has 0 spiro atoms. The third kappa shape index (κ3) is 3.28. The van der Waals surface area contributed by atoms with Crippen LogP contribution in [0, 0.1) is 0 Å². The molecule has 0 fully saturated rings. The molecule has 2 N–H and O–H groups in total. The Bertz CT molecular complexity index is 316. The topological polar surface area (TPSA) is 35.2 Å². The van der Waals surface area contributed by atoms with Crippen molar-refractivity contribution in [3.05, 3.63) is 29.8 Å². The summed E-state index contributed by atoms with van der Waals surface area (Å²) in [6, 6.07) is 3.82. The molecule has 1 atom stereocenters. The largest absolute Gasteiger partial charge is 0.496 e. The summed E-state index contributed by atoms with van der Waals surface area (Å²) in [5, 5.41) is 0. The highest BCUT2D eigenvalue weighted by molar-refractivity contribution is 5.85. The summed E-state index contributed by atoms with van der Waals surface area (Å²) >= 11 is 0. The molecule has 0 heterocycles. The highest BCUT2D eigenvalue weighted by Gasteiger charge is 2.39. The fraction of sp³-hybridized carbons (Fsp3) is 0.333. The van der Waals surface area contributed by atoms with Crippen LogP contribution in [0.5, 0.6) is 5.75 Å². The van der Waals surface area contributed by atoms with E-state index in [0.29, 0.717) is 0 Å². The molecule has 0 bridgehead atoms. The Hall–Kier alpha value is -0.940. The first-order valence-electron chi connectivity index (χ1n) is 3.92. The van der Waals surface area contributed by atoms with Gasteiger partial charge in [0, 0.05) is 5.56 Å². The summed E-state index contributed by atoms with van der Waals surface area (Å²) in [6.07, 6.45) is -4.45. The molecule has 2 nitrogen and oxygen atoms in total. The second-order valence-corrected chi connectivity index (χ2v) is 2.76. The second-order valence-electron chi connectivity index (χ2n) is 2.76. The SMILES string of the molecule is COc1ccccc1[C@H](N)C(F)(F)F.Cl. The van der Waals surface area contributed by atoms with Crippen molar-refractivity contribution in [3.63, 3.8) is 0 Å². The average molecular weight is 242 g/mol. The van der Waals surface area contributed by atoms with Crippen LogP contribution < -0.4 is 10.5 Å². The van der Waals surface area contributed by atoms with Gasteiger partial charge >= 0.3 is 6.18 Å². The number of nitrogens with two attached hydrogens (primary N) is 1. The third-order valence-corrected chi connectivity index (χ3v) is 1.83. The number of hydrogen-bond donors (Lipinski definition) is 1. The van der Waals surface area contributed by atoms with E-state index in [2.05, 4.69) is 0 Å². The van der Waals surface area contributed by atoms with E-state index >= 15 is 0 Å². The zero-order valence-electron chi connectivity index (χ0n) is 7.91. The third-order valence-electron chi connectivity index (χ3n) is 1.83. The molecule has 0 aliphatic rings. The van der Waals surface area contributed by atoms with Gasteiger partial charge in [-0.15, -0.1) is 12.4 Å². The summed E-state index contributed by atoms with van der Waals surface area (Å²) in [6.45, 7) is 0. The number of halogens is 4. The van der Waals surface area contributed by atoms with E-state index in [9.17, 15) is 13.2 Å². The zero-order valence-corrected chi connectivity index (χ0v) is 8.73. The van der Waals surface area contributed by atoms with E-state index in [1.165, 1.54) is 25.3 Å². The van der Waals surface area contributed by atoms with Gasteiger partial charge in [-0.2, -0.15) is 13.2 Å². The molecule has 86 valence electrons. The predicted molar refractivity (Wildman–Crippen MR) is 53.2 cm³/mol. The molecular weight excluding hydrogens is 231 g/mol. The smallest absolute Gasteiger partial charge is 0.407 e. The molecule has 15 heavy (non-hydrogen) atoms. The summed E-state index contributed by atoms with van der Waals surface area (Å²) in [5.41, 5.74) is 4.99. The van der Waals surface area contributed by atoms with Crippen molar-refractivity contribution in [1.29, 1.82) is 0 Å². The molecule has 1 rings (SSSR count). The van der Waals surface area contributed by atoms with Crippen LogP contribution in [0.3, 0.4) is 0 Å². The van der Waals surface area contributed by atoms with Crippen LogP contribution >= 0.6 is 12.4 Å². The molecule has 0 radical (unpaired) electrons. The number of hydrogen-bond acceptors (Lipinski definition) is 2. The van der Waals surface area contributed by atoms with Gasteiger partial charge in [0.2, 0.25) is 0 Å². The number of benzene rings is 1. The molecule has 0 saturated carbocycles. The second kappa shape index (κ2) is 5.23. The van der Waals surface area contributed by atoms with Crippen molar-refractivity contribution in [2.24, 2.45) is 5.73 Å². The van der Waals surface area contributed by atoms with Crippen LogP contribution in [-0.2, 0) is 0 Å². The van der Waals surface area contributed by atoms with Crippen molar-refractivity contribution in [2.45, 2.75) is 12.2 Å². The van der Waals surface area contributed by atoms with Gasteiger partial charge in [-0.25, -0.2) is 0 Å². The molecule has 0 aliphatic heterocycles. The van der Waals surface area contributed by atoms with Crippen molar-refractivity contribution in [1.82, 2.24) is 0 Å². The highest BCUT2D eigenvalue weighted by atomic mass is 35.5. The van der Waals surface area contributed by atoms with E-state index in [-0.39, 0.29) is 23.7 Å². The first-order chi connectivity index (χ1) is 6.46. The van der Waals surface area contributed by atoms with Crippen molar-refractivity contribution in [2.75, 3.05) is 7.11 Å². The zero-order chi connectivity index (χ0) is 10.8. The van der Waals surface area contributed by atoms with Crippen LogP contribution in [0.1, 0.15) is 11.6 Å². The highest BCUT2D eigenvalue weighted by Crippen LogP contribution is 2.34. The number of para-hydroxylation sites is 1. The van der Waals surface area contributed by atoms with E-state index in [1.807, 2.05) is 0 Å². The Morgan fingerprint density at radius 1 is 1.27 bits per heavy atom. The van der Waals surface area contributed by atoms with Gasteiger partial charge in [-0.1, -0.05) is 18.2 Å². The maximum Gasteiger partial charge on any atom is 0.407 e. The minimum atomic E-state index is -4.45. The fourth-order valence-corrected chi connectivity index (χ4v) is 1.10. The van der Waals surface area contributed by atoms with Crippen LogP contribution in [0.4, 0.5) is 13.2 Å². The Morgan fingerprint density at radius 2 is 1.80 bits per heavy atom. The maximum absolute atomic E-state index is 12.3. The first-order valence-corrected chi connectivity index (χ1v) is 3.92. The van der Waals surface area contributed by atoms with Crippen LogP contribution in [0.2, 0.25) is 0 Å². The molecular formula is C9H11ClF3NO. The number of alkyl halides is 3. The van der Waals surface area contributed by atoms with E-state index in [0.717, 1.165) is 0 Å². The molecule has 0 amide bonds. The lowest BCUT2D eigenvalue weighted by molar-refractivity contribution is -0.149. The molecule has 0 unspecified atom stereocenters. The normalized spacial score (nSPS) is 12.9. The fourth-order valence-electron chi connectivity index (χ4n) is 1.10. The lowest BCUT2D eigenvalue weighted by atomic mass is 10.1. The first kappa shape index (κ1) is 14.1. The number of rotatable bonds is 2. The molecule has 1 aromatic carbocycles. The van der Waals surface area contributed by atoms with Crippen molar-refractivity contribution < 1.29 is 17.9 Å². The van der Waals surface area contributed by atoms with Crippen LogP contribution in [-0.4, -0.2) is 13.3 Å². The molecule has 0 saturated heterocycles. The Kier molecular flexibility index (Phi) is 4.90. The van der Waals surface area contributed by atoms with E-state index in [4.69, 9.17) is 10.5 Å². The van der Waals surface area contributed by atoms with Gasteiger partial charge in [-0.3, -0.25) is 0 Å². The van der Waals surface area contributed by atoms with Gasteiger partial charge in [-0.05, 0) is 6.07 Å². The Balaban J connectivity index is 0.00000196. The van der Waals surface area contributed by atoms with E-state index in [1.54, 1.807) is 6.07 Å².